The van der Waals surface area contributed by atoms with E-state index in [4.69, 9.17) is 0 Å². The van der Waals surface area contributed by atoms with E-state index in [-0.39, 0.29) is 11.8 Å². The van der Waals surface area contributed by atoms with Gasteiger partial charge in [0.1, 0.15) is 5.82 Å². The van der Waals surface area contributed by atoms with Gasteiger partial charge < -0.3 is 9.80 Å². The number of rotatable bonds is 3. The highest BCUT2D eigenvalue weighted by Crippen LogP contribution is 2.26. The lowest BCUT2D eigenvalue weighted by atomic mass is 10.2. The van der Waals surface area contributed by atoms with Gasteiger partial charge in [0.2, 0.25) is 0 Å². The molecule has 2 aromatic carbocycles. The Labute approximate surface area is 174 Å². The number of anilines is 2. The molecule has 3 aromatic rings. The third-order valence-electron chi connectivity index (χ3n) is 4.62. The van der Waals surface area contributed by atoms with Gasteiger partial charge in [-0.3, -0.25) is 5.32 Å². The number of urea groups is 1. The van der Waals surface area contributed by atoms with Crippen LogP contribution in [0.2, 0.25) is 0 Å². The maximum absolute atomic E-state index is 13.1. The smallest absolute Gasteiger partial charge is 0.323 e. The normalized spacial score (nSPS) is 14.2. The summed E-state index contributed by atoms with van der Waals surface area (Å²) >= 11 is 4.83. The van der Waals surface area contributed by atoms with Crippen LogP contribution in [0.1, 0.15) is 0 Å². The number of hydrogen-bond acceptors (Lipinski definition) is 4. The number of aromatic nitrogens is 1. The molecule has 8 heteroatoms. The zero-order valence-corrected chi connectivity index (χ0v) is 17.3. The van der Waals surface area contributed by atoms with Gasteiger partial charge in [-0.2, -0.15) is 0 Å². The Morgan fingerprint density at radius 1 is 1.04 bits per heavy atom. The SMILES string of the molecule is O=C(Nc1nc(-c2ccc(Br)cc2)cs1)N1CCN(c2ccc(F)cc2)CC1. The number of carbonyl (C=O) groups excluding carboxylic acids is 1. The minimum atomic E-state index is -0.243. The van der Waals surface area contributed by atoms with Crippen molar-refractivity contribution in [2.24, 2.45) is 0 Å². The fourth-order valence-electron chi connectivity index (χ4n) is 3.07. The molecule has 1 aliphatic heterocycles. The molecule has 1 aliphatic rings. The topological polar surface area (TPSA) is 48.5 Å². The van der Waals surface area contributed by atoms with Crippen molar-refractivity contribution >= 4 is 44.1 Å². The van der Waals surface area contributed by atoms with Crippen LogP contribution < -0.4 is 10.2 Å². The average molecular weight is 461 g/mol. The molecule has 1 saturated heterocycles. The van der Waals surface area contributed by atoms with Gasteiger partial charge in [-0.1, -0.05) is 28.1 Å². The molecule has 0 atom stereocenters. The van der Waals surface area contributed by atoms with E-state index in [0.717, 1.165) is 21.4 Å². The summed E-state index contributed by atoms with van der Waals surface area (Å²) in [6.45, 7) is 2.63. The van der Waals surface area contributed by atoms with E-state index in [1.165, 1.54) is 23.5 Å². The summed E-state index contributed by atoms with van der Waals surface area (Å²) in [6.07, 6.45) is 0. The molecule has 144 valence electrons. The Bertz CT molecular complexity index is 953. The van der Waals surface area contributed by atoms with Crippen molar-refractivity contribution in [3.63, 3.8) is 0 Å². The van der Waals surface area contributed by atoms with E-state index >= 15 is 0 Å². The van der Waals surface area contributed by atoms with Crippen LogP contribution in [0.25, 0.3) is 11.3 Å². The van der Waals surface area contributed by atoms with Gasteiger partial charge in [0.05, 0.1) is 5.69 Å². The number of hydrogen-bond donors (Lipinski definition) is 1. The molecular formula is C20H18BrFN4OS. The molecule has 1 N–H and O–H groups in total. The number of amides is 2. The summed E-state index contributed by atoms with van der Waals surface area (Å²) in [4.78, 5) is 21.0. The number of benzene rings is 2. The lowest BCUT2D eigenvalue weighted by molar-refractivity contribution is 0.208. The summed E-state index contributed by atoms with van der Waals surface area (Å²) in [7, 11) is 0. The predicted octanol–water partition coefficient (Wildman–Crippen LogP) is 5.07. The van der Waals surface area contributed by atoms with Crippen molar-refractivity contribution in [2.75, 3.05) is 36.4 Å². The molecule has 5 nitrogen and oxygen atoms in total. The van der Waals surface area contributed by atoms with Crippen molar-refractivity contribution in [3.8, 4) is 11.3 Å². The Balaban J connectivity index is 1.33. The third-order valence-corrected chi connectivity index (χ3v) is 5.90. The highest BCUT2D eigenvalue weighted by atomic mass is 79.9. The molecule has 1 fully saturated rings. The van der Waals surface area contributed by atoms with Gasteiger partial charge >= 0.3 is 6.03 Å². The number of piperazine rings is 1. The number of nitrogens with one attached hydrogen (secondary N) is 1. The third kappa shape index (κ3) is 4.34. The molecule has 0 aliphatic carbocycles. The largest absolute Gasteiger partial charge is 0.368 e. The van der Waals surface area contributed by atoms with Gasteiger partial charge in [0.15, 0.2) is 5.13 Å². The molecule has 28 heavy (non-hydrogen) atoms. The van der Waals surface area contributed by atoms with E-state index in [1.807, 2.05) is 29.6 Å². The van der Waals surface area contributed by atoms with Gasteiger partial charge in [0, 0.05) is 47.3 Å². The van der Waals surface area contributed by atoms with Crippen LogP contribution >= 0.6 is 27.3 Å². The molecule has 0 unspecified atom stereocenters. The van der Waals surface area contributed by atoms with E-state index in [0.29, 0.717) is 31.3 Å². The zero-order valence-electron chi connectivity index (χ0n) is 14.9. The molecular weight excluding hydrogens is 443 g/mol. The van der Waals surface area contributed by atoms with Crippen LogP contribution in [-0.2, 0) is 0 Å². The summed E-state index contributed by atoms with van der Waals surface area (Å²) in [6, 6.07) is 14.2. The van der Waals surface area contributed by atoms with Gasteiger partial charge in [-0.05, 0) is 36.4 Å². The van der Waals surface area contributed by atoms with Gasteiger partial charge in [-0.15, -0.1) is 11.3 Å². The molecule has 0 saturated carbocycles. The second-order valence-electron chi connectivity index (χ2n) is 6.43. The Hall–Kier alpha value is -2.45. The zero-order chi connectivity index (χ0) is 19.5. The number of halogens is 2. The first-order valence-electron chi connectivity index (χ1n) is 8.86. The second-order valence-corrected chi connectivity index (χ2v) is 8.20. The van der Waals surface area contributed by atoms with E-state index in [1.54, 1.807) is 17.0 Å². The minimum absolute atomic E-state index is 0.143. The van der Waals surface area contributed by atoms with Crippen LogP contribution in [0.15, 0.2) is 58.4 Å². The maximum atomic E-state index is 13.1. The van der Waals surface area contributed by atoms with Crippen LogP contribution in [0.5, 0.6) is 0 Å². The Kier molecular flexibility index (Phi) is 5.59. The highest BCUT2D eigenvalue weighted by Gasteiger charge is 2.22. The van der Waals surface area contributed by atoms with Crippen molar-refractivity contribution in [3.05, 3.63) is 64.2 Å². The van der Waals surface area contributed by atoms with Crippen LogP contribution in [0.4, 0.5) is 20.0 Å². The number of nitrogens with zero attached hydrogens (tertiary/aromatic N) is 3. The first-order valence-corrected chi connectivity index (χ1v) is 10.5. The van der Waals surface area contributed by atoms with Crippen LogP contribution in [0, 0.1) is 5.82 Å². The lowest BCUT2D eigenvalue weighted by Gasteiger charge is -2.35. The van der Waals surface area contributed by atoms with Crippen molar-refractivity contribution < 1.29 is 9.18 Å². The molecule has 2 amide bonds. The number of carbonyl (C=O) groups is 1. The molecule has 0 spiro atoms. The van der Waals surface area contributed by atoms with E-state index < -0.39 is 0 Å². The average Bonchev–Trinajstić information content (AvgIpc) is 3.18. The highest BCUT2D eigenvalue weighted by molar-refractivity contribution is 9.10. The molecule has 4 rings (SSSR count). The lowest BCUT2D eigenvalue weighted by Crippen LogP contribution is -2.50. The number of thiazole rings is 1. The van der Waals surface area contributed by atoms with Crippen molar-refractivity contribution in [1.29, 1.82) is 0 Å². The van der Waals surface area contributed by atoms with Crippen molar-refractivity contribution in [2.45, 2.75) is 0 Å². The van der Waals surface area contributed by atoms with Gasteiger partial charge in [-0.25, -0.2) is 14.2 Å². The second kappa shape index (κ2) is 8.28. The monoisotopic (exact) mass is 460 g/mol. The molecule has 1 aromatic heterocycles. The fraction of sp³-hybridized carbons (Fsp3) is 0.200. The van der Waals surface area contributed by atoms with Crippen LogP contribution in [-0.4, -0.2) is 42.1 Å². The van der Waals surface area contributed by atoms with E-state index in [2.05, 4.69) is 31.1 Å². The molecule has 2 heterocycles. The summed E-state index contributed by atoms with van der Waals surface area (Å²) in [5.41, 5.74) is 2.82. The Morgan fingerprint density at radius 2 is 1.71 bits per heavy atom. The van der Waals surface area contributed by atoms with Crippen molar-refractivity contribution in [1.82, 2.24) is 9.88 Å². The maximum Gasteiger partial charge on any atom is 0.323 e. The summed E-state index contributed by atoms with van der Waals surface area (Å²) in [5.74, 6) is -0.243. The first-order chi connectivity index (χ1) is 13.6. The summed E-state index contributed by atoms with van der Waals surface area (Å²) < 4.78 is 14.1. The standard InChI is InChI=1S/C20H18BrFN4OS/c21-15-3-1-14(2-4-15)18-13-28-19(23-18)24-20(27)26-11-9-25(10-12-26)17-7-5-16(22)6-8-17/h1-8,13H,9-12H2,(H,23,24,27). The summed E-state index contributed by atoms with van der Waals surface area (Å²) in [5, 5.41) is 5.42. The fourth-order valence-corrected chi connectivity index (χ4v) is 4.05. The van der Waals surface area contributed by atoms with E-state index in [9.17, 15) is 9.18 Å². The molecule has 0 bridgehead atoms. The molecule has 0 radical (unpaired) electrons. The predicted molar refractivity (Wildman–Crippen MR) is 114 cm³/mol. The Morgan fingerprint density at radius 3 is 2.39 bits per heavy atom. The minimum Gasteiger partial charge on any atom is -0.368 e. The quantitative estimate of drug-likeness (QED) is 0.593. The van der Waals surface area contributed by atoms with Gasteiger partial charge in [0.25, 0.3) is 0 Å². The van der Waals surface area contributed by atoms with Crippen LogP contribution in [0.3, 0.4) is 0 Å². The first kappa shape index (κ1) is 18.9.